The maximum atomic E-state index is 12.9. The van der Waals surface area contributed by atoms with E-state index in [1.54, 1.807) is 6.07 Å². The average Bonchev–Trinajstić information content (AvgIpc) is 3.18. The number of ether oxygens (including phenoxy) is 1. The molecule has 0 N–H and O–H groups in total. The minimum atomic E-state index is -4.62. The maximum absolute atomic E-state index is 12.9. The van der Waals surface area contributed by atoms with E-state index in [1.165, 1.54) is 24.7 Å². The van der Waals surface area contributed by atoms with E-state index in [2.05, 4.69) is 20.2 Å². The molecule has 1 saturated carbocycles. The predicted octanol–water partition coefficient (Wildman–Crippen LogP) is 3.97. The monoisotopic (exact) mass is 405 g/mol. The second-order valence-corrected chi connectivity index (χ2v) is 5.80. The van der Waals surface area contributed by atoms with E-state index in [1.807, 2.05) is 0 Å². The van der Waals surface area contributed by atoms with E-state index in [4.69, 9.17) is 4.74 Å². The topological polar surface area (TPSA) is 65.2 Å². The SMILES string of the molecule is FC1(F)CC1.FCCOc1ccc(-c2cn3c(C(F)(F)F)nnc3cn2)cn1. The lowest BCUT2D eigenvalue weighted by Crippen LogP contribution is -2.11. The van der Waals surface area contributed by atoms with Crippen LogP contribution in [0.1, 0.15) is 18.7 Å². The number of pyridine rings is 1. The Labute approximate surface area is 154 Å². The molecule has 1 aliphatic rings. The van der Waals surface area contributed by atoms with E-state index >= 15 is 0 Å². The Morgan fingerprint density at radius 1 is 1.07 bits per heavy atom. The van der Waals surface area contributed by atoms with Crippen molar-refractivity contribution in [2.24, 2.45) is 0 Å². The number of nitrogens with zero attached hydrogens (tertiary/aromatic N) is 5. The van der Waals surface area contributed by atoms with Crippen molar-refractivity contribution in [3.05, 3.63) is 36.5 Å². The summed E-state index contributed by atoms with van der Waals surface area (Å²) < 4.78 is 78.6. The minimum absolute atomic E-state index is 0.0167. The van der Waals surface area contributed by atoms with Crippen molar-refractivity contribution in [3.63, 3.8) is 0 Å². The van der Waals surface area contributed by atoms with E-state index in [-0.39, 0.29) is 36.7 Å². The van der Waals surface area contributed by atoms with Gasteiger partial charge in [0.25, 0.3) is 0 Å². The van der Waals surface area contributed by atoms with Gasteiger partial charge in [0.2, 0.25) is 17.6 Å². The van der Waals surface area contributed by atoms with Gasteiger partial charge in [-0.3, -0.25) is 9.38 Å². The minimum Gasteiger partial charge on any atom is -0.475 e. The van der Waals surface area contributed by atoms with Crippen LogP contribution in [-0.4, -0.2) is 43.8 Å². The van der Waals surface area contributed by atoms with Gasteiger partial charge in [-0.15, -0.1) is 10.2 Å². The van der Waals surface area contributed by atoms with Gasteiger partial charge in [0.05, 0.1) is 11.9 Å². The van der Waals surface area contributed by atoms with Crippen molar-refractivity contribution in [2.75, 3.05) is 13.3 Å². The van der Waals surface area contributed by atoms with Gasteiger partial charge in [0.15, 0.2) is 5.65 Å². The highest BCUT2D eigenvalue weighted by molar-refractivity contribution is 5.59. The molecule has 0 aliphatic heterocycles. The zero-order chi connectivity index (χ0) is 20.4. The summed E-state index contributed by atoms with van der Waals surface area (Å²) in [6.45, 7) is -0.762. The molecule has 0 bridgehead atoms. The predicted molar refractivity (Wildman–Crippen MR) is 84.7 cm³/mol. The van der Waals surface area contributed by atoms with Crippen LogP contribution in [-0.2, 0) is 6.18 Å². The number of hydrogen-bond acceptors (Lipinski definition) is 5. The molecule has 3 heterocycles. The molecule has 0 saturated heterocycles. The number of fused-ring (bicyclic) bond motifs is 1. The molecule has 28 heavy (non-hydrogen) atoms. The summed E-state index contributed by atoms with van der Waals surface area (Å²) in [6, 6.07) is 3.04. The fraction of sp³-hybridized carbons (Fsp3) is 0.375. The molecule has 3 aromatic rings. The Hall–Kier alpha value is -2.92. The van der Waals surface area contributed by atoms with Crippen LogP contribution in [0.3, 0.4) is 0 Å². The summed E-state index contributed by atoms with van der Waals surface area (Å²) in [5.41, 5.74) is 0.714. The third-order valence-corrected chi connectivity index (χ3v) is 3.53. The summed E-state index contributed by atoms with van der Waals surface area (Å²) in [4.78, 5) is 7.97. The van der Waals surface area contributed by atoms with Crippen molar-refractivity contribution in [1.29, 1.82) is 0 Å². The van der Waals surface area contributed by atoms with E-state index in [0.29, 0.717) is 5.56 Å². The van der Waals surface area contributed by atoms with Crippen LogP contribution in [0.15, 0.2) is 30.7 Å². The second kappa shape index (κ2) is 7.60. The van der Waals surface area contributed by atoms with E-state index in [0.717, 1.165) is 4.40 Å². The summed E-state index contributed by atoms with van der Waals surface area (Å²) in [6.07, 6.45) is -0.651. The zero-order valence-electron chi connectivity index (χ0n) is 14.1. The molecule has 6 nitrogen and oxygen atoms in total. The standard InChI is InChI=1S/C13H9F4N5O.C3H4F2/c14-3-4-23-11-2-1-8(5-19-11)9-7-22-10(6-18-9)20-21-12(22)13(15,16)17;4-3(5)1-2-3/h1-2,5-7H,3-4H2;1-2H2. The molecule has 0 spiro atoms. The van der Waals surface area contributed by atoms with Crippen LogP contribution < -0.4 is 4.74 Å². The summed E-state index contributed by atoms with van der Waals surface area (Å²) in [7, 11) is 0. The first-order valence-corrected chi connectivity index (χ1v) is 8.01. The molecule has 0 radical (unpaired) electrons. The lowest BCUT2D eigenvalue weighted by atomic mass is 10.2. The molecule has 1 aliphatic carbocycles. The fourth-order valence-electron chi connectivity index (χ4n) is 2.00. The first kappa shape index (κ1) is 19.8. The molecule has 150 valence electrons. The normalized spacial score (nSPS) is 15.1. The van der Waals surface area contributed by atoms with Crippen molar-refractivity contribution in [3.8, 4) is 17.1 Å². The van der Waals surface area contributed by atoms with E-state index in [9.17, 15) is 26.3 Å². The summed E-state index contributed by atoms with van der Waals surface area (Å²) in [5.74, 6) is -3.17. The van der Waals surface area contributed by atoms with Gasteiger partial charge in [-0.05, 0) is 6.07 Å². The van der Waals surface area contributed by atoms with Gasteiger partial charge in [-0.2, -0.15) is 13.2 Å². The average molecular weight is 405 g/mol. The molecule has 0 aromatic carbocycles. The highest BCUT2D eigenvalue weighted by atomic mass is 19.4. The summed E-state index contributed by atoms with van der Waals surface area (Å²) in [5, 5.41) is 6.55. The highest BCUT2D eigenvalue weighted by Gasteiger charge is 2.43. The van der Waals surface area contributed by atoms with Crippen LogP contribution in [0.5, 0.6) is 5.88 Å². The Bertz CT molecular complexity index is 935. The lowest BCUT2D eigenvalue weighted by Gasteiger charge is -2.06. The number of aromatic nitrogens is 5. The lowest BCUT2D eigenvalue weighted by molar-refractivity contribution is -0.145. The molecular weight excluding hydrogens is 392 g/mol. The van der Waals surface area contributed by atoms with Gasteiger partial charge in [0.1, 0.15) is 13.3 Å². The fourth-order valence-corrected chi connectivity index (χ4v) is 2.00. The van der Waals surface area contributed by atoms with Crippen LogP contribution >= 0.6 is 0 Å². The third kappa shape index (κ3) is 4.87. The van der Waals surface area contributed by atoms with Gasteiger partial charge in [0, 0.05) is 36.9 Å². The highest BCUT2D eigenvalue weighted by Crippen LogP contribution is 2.40. The molecule has 0 amide bonds. The van der Waals surface area contributed by atoms with Gasteiger partial charge in [-0.1, -0.05) is 0 Å². The van der Waals surface area contributed by atoms with E-state index < -0.39 is 24.6 Å². The molecular formula is C16H13F6N5O. The van der Waals surface area contributed by atoms with Crippen molar-refractivity contribution >= 4 is 5.65 Å². The number of halogens is 6. The molecule has 3 aromatic heterocycles. The molecule has 1 fully saturated rings. The molecule has 0 atom stereocenters. The van der Waals surface area contributed by atoms with Crippen molar-refractivity contribution < 1.29 is 31.1 Å². The first-order valence-electron chi connectivity index (χ1n) is 8.01. The molecule has 12 heteroatoms. The van der Waals surface area contributed by atoms with Crippen LogP contribution in [0.2, 0.25) is 0 Å². The smallest absolute Gasteiger partial charge is 0.452 e. The van der Waals surface area contributed by atoms with Crippen molar-refractivity contribution in [1.82, 2.24) is 24.6 Å². The quantitative estimate of drug-likeness (QED) is 0.615. The number of hydrogen-bond donors (Lipinski definition) is 0. The van der Waals surface area contributed by atoms with Crippen LogP contribution in [0, 0.1) is 0 Å². The van der Waals surface area contributed by atoms with Gasteiger partial charge in [-0.25, -0.2) is 18.2 Å². The summed E-state index contributed by atoms with van der Waals surface area (Å²) >= 11 is 0. The molecule has 0 unspecified atom stereocenters. The largest absolute Gasteiger partial charge is 0.475 e. The third-order valence-electron chi connectivity index (χ3n) is 3.53. The Morgan fingerprint density at radius 3 is 2.32 bits per heavy atom. The first-order chi connectivity index (χ1) is 13.2. The number of alkyl halides is 6. The molecule has 4 rings (SSSR count). The zero-order valence-corrected chi connectivity index (χ0v) is 14.1. The Morgan fingerprint density at radius 2 is 1.79 bits per heavy atom. The van der Waals surface area contributed by atoms with Crippen LogP contribution in [0.25, 0.3) is 16.9 Å². The Balaban J connectivity index is 0.000000391. The van der Waals surface area contributed by atoms with Crippen LogP contribution in [0.4, 0.5) is 26.3 Å². The van der Waals surface area contributed by atoms with Gasteiger partial charge >= 0.3 is 6.18 Å². The second-order valence-electron chi connectivity index (χ2n) is 5.80. The Kier molecular flexibility index (Phi) is 5.38. The number of rotatable bonds is 4. The maximum Gasteiger partial charge on any atom is 0.452 e. The van der Waals surface area contributed by atoms with Gasteiger partial charge < -0.3 is 4.74 Å². The van der Waals surface area contributed by atoms with Crippen molar-refractivity contribution in [2.45, 2.75) is 24.9 Å².